The third kappa shape index (κ3) is 2.16. The highest BCUT2D eigenvalue weighted by Crippen LogP contribution is 2.38. The van der Waals surface area contributed by atoms with Crippen LogP contribution in [0, 0.1) is 0 Å². The highest BCUT2D eigenvalue weighted by molar-refractivity contribution is 5.83. The maximum Gasteiger partial charge on any atom is 0.124 e. The number of rotatable bonds is 2. The third-order valence-electron chi connectivity index (χ3n) is 2.59. The number of aromatic hydroxyl groups is 2. The Morgan fingerprint density at radius 2 is 1.59 bits per heavy atom. The zero-order valence-corrected chi connectivity index (χ0v) is 9.59. The summed E-state index contributed by atoms with van der Waals surface area (Å²) in [5.41, 5.74) is 2.18. The highest BCUT2D eigenvalue weighted by Gasteiger charge is 2.11. The number of benzene rings is 2. The number of para-hydroxylation sites is 1. The van der Waals surface area contributed by atoms with Crippen molar-refractivity contribution in [2.45, 2.75) is 6.92 Å². The van der Waals surface area contributed by atoms with E-state index in [1.165, 1.54) is 0 Å². The molecule has 2 aromatic rings. The maximum atomic E-state index is 9.95. The molecule has 2 N–H and O–H groups in total. The van der Waals surface area contributed by atoms with Gasteiger partial charge < -0.3 is 10.2 Å². The first-order valence-electron chi connectivity index (χ1n) is 5.47. The molecule has 0 bridgehead atoms. The van der Waals surface area contributed by atoms with Crippen molar-refractivity contribution in [1.82, 2.24) is 0 Å². The molecule has 2 heteroatoms. The number of hydrogen-bond donors (Lipinski definition) is 2. The molecule has 2 rings (SSSR count). The van der Waals surface area contributed by atoms with Gasteiger partial charge in [0.05, 0.1) is 0 Å². The van der Waals surface area contributed by atoms with Crippen LogP contribution in [0.25, 0.3) is 17.2 Å². The average Bonchev–Trinajstić information content (AvgIpc) is 2.31. The Morgan fingerprint density at radius 3 is 2.29 bits per heavy atom. The smallest absolute Gasteiger partial charge is 0.124 e. The Labute approximate surface area is 100 Å². The van der Waals surface area contributed by atoms with Crippen molar-refractivity contribution in [2.75, 3.05) is 0 Å². The molecule has 0 radical (unpaired) electrons. The fourth-order valence-electron chi connectivity index (χ4n) is 1.85. The Kier molecular flexibility index (Phi) is 3.15. The number of allylic oxidation sites excluding steroid dienone is 1. The molecule has 0 saturated heterocycles. The van der Waals surface area contributed by atoms with Gasteiger partial charge >= 0.3 is 0 Å². The summed E-state index contributed by atoms with van der Waals surface area (Å²) in [4.78, 5) is 0. The molecule has 17 heavy (non-hydrogen) atoms. The van der Waals surface area contributed by atoms with Gasteiger partial charge in [0.25, 0.3) is 0 Å². The van der Waals surface area contributed by atoms with Crippen LogP contribution in [0.3, 0.4) is 0 Å². The normalized spacial score (nSPS) is 10.9. The van der Waals surface area contributed by atoms with Gasteiger partial charge in [-0.1, -0.05) is 42.5 Å². The van der Waals surface area contributed by atoms with Crippen LogP contribution in [0.4, 0.5) is 0 Å². The van der Waals surface area contributed by atoms with Gasteiger partial charge in [-0.15, -0.1) is 0 Å². The molecule has 0 fully saturated rings. The first kappa shape index (κ1) is 11.3. The quantitative estimate of drug-likeness (QED) is 0.817. The minimum absolute atomic E-state index is 0.166. The van der Waals surface area contributed by atoms with Crippen molar-refractivity contribution < 1.29 is 10.2 Å². The van der Waals surface area contributed by atoms with E-state index in [1.54, 1.807) is 30.3 Å². The first-order valence-corrected chi connectivity index (χ1v) is 5.47. The summed E-state index contributed by atoms with van der Waals surface area (Å²) in [6.45, 7) is 1.92. The Hall–Kier alpha value is -2.22. The van der Waals surface area contributed by atoms with Crippen LogP contribution in [0.15, 0.2) is 48.5 Å². The minimum atomic E-state index is 0.166. The maximum absolute atomic E-state index is 9.95. The highest BCUT2D eigenvalue weighted by atomic mass is 16.3. The molecule has 0 aliphatic carbocycles. The Morgan fingerprint density at radius 1 is 0.882 bits per heavy atom. The van der Waals surface area contributed by atoms with E-state index in [2.05, 4.69) is 0 Å². The van der Waals surface area contributed by atoms with Crippen LogP contribution < -0.4 is 0 Å². The lowest BCUT2D eigenvalue weighted by molar-refractivity contribution is 0.469. The summed E-state index contributed by atoms with van der Waals surface area (Å²) >= 11 is 0. The van der Waals surface area contributed by atoms with E-state index in [0.717, 1.165) is 5.56 Å². The largest absolute Gasteiger partial charge is 0.507 e. The average molecular weight is 226 g/mol. The van der Waals surface area contributed by atoms with E-state index in [0.29, 0.717) is 11.1 Å². The van der Waals surface area contributed by atoms with Crippen molar-refractivity contribution in [1.29, 1.82) is 0 Å². The van der Waals surface area contributed by atoms with Crippen LogP contribution in [0.2, 0.25) is 0 Å². The summed E-state index contributed by atoms with van der Waals surface area (Å²) in [6.07, 6.45) is 3.81. The predicted molar refractivity (Wildman–Crippen MR) is 69.9 cm³/mol. The molecule has 0 spiro atoms. The van der Waals surface area contributed by atoms with Crippen molar-refractivity contribution >= 4 is 6.08 Å². The van der Waals surface area contributed by atoms with Crippen molar-refractivity contribution in [3.63, 3.8) is 0 Å². The van der Waals surface area contributed by atoms with Crippen LogP contribution in [0.5, 0.6) is 11.5 Å². The second-order valence-electron chi connectivity index (χ2n) is 3.76. The van der Waals surface area contributed by atoms with E-state index >= 15 is 0 Å². The lowest BCUT2D eigenvalue weighted by Crippen LogP contribution is -1.85. The predicted octanol–water partition coefficient (Wildman–Crippen LogP) is 3.80. The molecule has 2 aromatic carbocycles. The van der Waals surface area contributed by atoms with Gasteiger partial charge in [0, 0.05) is 11.1 Å². The number of hydrogen-bond acceptors (Lipinski definition) is 2. The zero-order valence-electron chi connectivity index (χ0n) is 9.59. The van der Waals surface area contributed by atoms with Gasteiger partial charge in [-0.3, -0.25) is 0 Å². The van der Waals surface area contributed by atoms with Gasteiger partial charge in [0.15, 0.2) is 0 Å². The summed E-state index contributed by atoms with van der Waals surface area (Å²) < 4.78 is 0. The van der Waals surface area contributed by atoms with Gasteiger partial charge in [-0.25, -0.2) is 0 Å². The molecule has 0 aromatic heterocycles. The minimum Gasteiger partial charge on any atom is -0.507 e. The van der Waals surface area contributed by atoms with Crippen LogP contribution in [-0.4, -0.2) is 10.2 Å². The Balaban J connectivity index is 2.70. The monoisotopic (exact) mass is 226 g/mol. The van der Waals surface area contributed by atoms with Gasteiger partial charge in [-0.2, -0.15) is 0 Å². The molecular formula is C15H14O2. The standard InChI is InChI=1S/C15H14O2/c1-2-6-11-7-5-10-14(17)15(11)12-8-3-4-9-13(12)16/h2-10,16-17H,1H3. The SMILES string of the molecule is CC=Cc1cccc(O)c1-c1ccccc1O. The van der Waals surface area contributed by atoms with Crippen LogP contribution in [-0.2, 0) is 0 Å². The molecular weight excluding hydrogens is 212 g/mol. The fourth-order valence-corrected chi connectivity index (χ4v) is 1.85. The molecule has 86 valence electrons. The van der Waals surface area contributed by atoms with E-state index in [1.807, 2.05) is 31.2 Å². The molecule has 0 aliphatic rings. The summed E-state index contributed by atoms with van der Waals surface area (Å²) in [5, 5.41) is 19.8. The second-order valence-corrected chi connectivity index (χ2v) is 3.76. The Bertz CT molecular complexity index is 557. The topological polar surface area (TPSA) is 40.5 Å². The fraction of sp³-hybridized carbons (Fsp3) is 0.0667. The molecule has 0 saturated carbocycles. The summed E-state index contributed by atoms with van der Waals surface area (Å²) in [5.74, 6) is 0.335. The van der Waals surface area contributed by atoms with Crippen molar-refractivity contribution in [2.24, 2.45) is 0 Å². The molecule has 0 amide bonds. The van der Waals surface area contributed by atoms with E-state index < -0.39 is 0 Å². The summed E-state index contributed by atoms with van der Waals surface area (Å²) in [7, 11) is 0. The molecule has 2 nitrogen and oxygen atoms in total. The van der Waals surface area contributed by atoms with Gasteiger partial charge in [-0.05, 0) is 24.6 Å². The first-order chi connectivity index (χ1) is 8.24. The van der Waals surface area contributed by atoms with Gasteiger partial charge in [0.1, 0.15) is 11.5 Å². The molecule has 0 aliphatic heterocycles. The lowest BCUT2D eigenvalue weighted by atomic mass is 9.97. The summed E-state index contributed by atoms with van der Waals surface area (Å²) in [6, 6.07) is 12.3. The second kappa shape index (κ2) is 4.74. The number of phenolic OH excluding ortho intramolecular Hbond substituents is 2. The number of phenols is 2. The molecule has 0 atom stereocenters. The lowest BCUT2D eigenvalue weighted by Gasteiger charge is -2.10. The van der Waals surface area contributed by atoms with E-state index in [9.17, 15) is 10.2 Å². The van der Waals surface area contributed by atoms with E-state index in [-0.39, 0.29) is 11.5 Å². The van der Waals surface area contributed by atoms with Crippen LogP contribution >= 0.6 is 0 Å². The third-order valence-corrected chi connectivity index (χ3v) is 2.59. The zero-order chi connectivity index (χ0) is 12.3. The molecule has 0 unspecified atom stereocenters. The molecule has 0 heterocycles. The van der Waals surface area contributed by atoms with Crippen molar-refractivity contribution in [3.8, 4) is 22.6 Å². The van der Waals surface area contributed by atoms with E-state index in [4.69, 9.17) is 0 Å². The van der Waals surface area contributed by atoms with Crippen molar-refractivity contribution in [3.05, 3.63) is 54.1 Å². The van der Waals surface area contributed by atoms with Gasteiger partial charge in [0.2, 0.25) is 0 Å². The van der Waals surface area contributed by atoms with Crippen LogP contribution in [0.1, 0.15) is 12.5 Å².